The number of nitrogens with two attached hydrogens (primary N) is 1. The van der Waals surface area contributed by atoms with Gasteiger partial charge in [-0.3, -0.25) is 28.3 Å². The van der Waals surface area contributed by atoms with Gasteiger partial charge in [0.15, 0.2) is 17.4 Å². The Morgan fingerprint density at radius 2 is 1.14 bits per heavy atom. The number of nitrogens with zero attached hydrogens (tertiary/aromatic N) is 12. The van der Waals surface area contributed by atoms with E-state index < -0.39 is 0 Å². The zero-order valence-electron chi connectivity index (χ0n) is 41.9. The van der Waals surface area contributed by atoms with Crippen molar-refractivity contribution in [1.82, 2.24) is 59.1 Å². The van der Waals surface area contributed by atoms with Crippen molar-refractivity contribution in [3.8, 4) is 22.5 Å². The lowest BCUT2D eigenvalue weighted by Gasteiger charge is -2.18. The molecule has 0 fully saturated rings. The molecule has 0 aliphatic carbocycles. The predicted octanol–water partition coefficient (Wildman–Crippen LogP) is 10.4. The van der Waals surface area contributed by atoms with Gasteiger partial charge in [-0.1, -0.05) is 35.9 Å². The van der Waals surface area contributed by atoms with Gasteiger partial charge in [0, 0.05) is 85.1 Å². The van der Waals surface area contributed by atoms with Crippen molar-refractivity contribution in [2.75, 3.05) is 11.1 Å². The molecule has 368 valence electrons. The molecule has 2 aliphatic rings. The quantitative estimate of drug-likeness (QED) is 0.0870. The van der Waals surface area contributed by atoms with E-state index in [-0.39, 0.29) is 22.6 Å². The van der Waals surface area contributed by atoms with Crippen LogP contribution in [0.5, 0.6) is 0 Å². The summed E-state index contributed by atoms with van der Waals surface area (Å²) >= 11 is 5.94. The molecule has 0 unspecified atom stereocenters. The molecule has 8 heterocycles. The smallest absolute Gasteiger partial charge is 0.166 e. The molecule has 3 N–H and O–H groups in total. The minimum atomic E-state index is -0.139. The monoisotopic (exact) mass is 974 g/mol. The third kappa shape index (κ3) is 12.7. The number of fused-ring (bicyclic) bond motifs is 2. The van der Waals surface area contributed by atoms with Crippen molar-refractivity contribution in [2.45, 2.75) is 131 Å². The van der Waals surface area contributed by atoms with Gasteiger partial charge in [0.25, 0.3) is 0 Å². The first-order chi connectivity index (χ1) is 33.9. The Labute approximate surface area is 420 Å². The Bertz CT molecular complexity index is 3120. The highest BCUT2D eigenvalue weighted by molar-refractivity contribution is 6.29. The second kappa shape index (κ2) is 21.3. The van der Waals surface area contributed by atoms with Crippen LogP contribution in [0.2, 0.25) is 5.15 Å². The highest BCUT2D eigenvalue weighted by Gasteiger charge is 2.20. The summed E-state index contributed by atoms with van der Waals surface area (Å²) in [5.74, 6) is 2.41. The van der Waals surface area contributed by atoms with Gasteiger partial charge in [-0.15, -0.1) is 0 Å². The van der Waals surface area contributed by atoms with Gasteiger partial charge in [0.05, 0.1) is 46.0 Å². The maximum atomic E-state index is 12.7. The van der Waals surface area contributed by atoms with Crippen LogP contribution in [0, 0.1) is 13.8 Å². The first kappa shape index (κ1) is 50.1. The average molecular weight is 976 g/mol. The summed E-state index contributed by atoms with van der Waals surface area (Å²) < 4.78 is 7.70. The molecule has 0 saturated carbocycles. The van der Waals surface area contributed by atoms with E-state index in [0.717, 1.165) is 88.8 Å². The number of halogens is 1. The SMILES string of the molecule is Cc1cc(-c2cc(Cl)ncn2)ccc1CCC(=O)c1cnn(C(C)(C)C)c1.Cc1cc(-c2cc(Nc3cc4n(n3)CCC4)ncn2)ccc1CCC(=O)c1cnn(C(C)(C)C)c1.Nc1cc2n(n1)CCC2. The van der Waals surface area contributed by atoms with Crippen LogP contribution in [0.1, 0.15) is 122 Å². The molecule has 0 atom stereocenters. The van der Waals surface area contributed by atoms with E-state index >= 15 is 0 Å². The molecule has 2 aromatic carbocycles. The first-order valence-corrected chi connectivity index (χ1v) is 24.6. The molecule has 2 aliphatic heterocycles. The fraction of sp³-hybridized carbons (Fsp3) is 0.370. The number of Topliss-reactive ketones (excluding diaryl/α,β-unsaturated/α-hetero) is 2. The molecular formula is C54H63ClN14O2. The maximum Gasteiger partial charge on any atom is 0.166 e. The van der Waals surface area contributed by atoms with Crippen molar-refractivity contribution in [3.63, 3.8) is 0 Å². The molecular weight excluding hydrogens is 912 g/mol. The summed E-state index contributed by atoms with van der Waals surface area (Å²) in [6.45, 7) is 18.5. The van der Waals surface area contributed by atoms with Crippen molar-refractivity contribution < 1.29 is 9.59 Å². The third-order valence-electron chi connectivity index (χ3n) is 12.6. The summed E-state index contributed by atoms with van der Waals surface area (Å²) in [6.07, 6.45) is 16.9. The number of rotatable bonds is 12. The van der Waals surface area contributed by atoms with Gasteiger partial charge >= 0.3 is 0 Å². The second-order valence-electron chi connectivity index (χ2n) is 20.2. The molecule has 71 heavy (non-hydrogen) atoms. The van der Waals surface area contributed by atoms with Crippen molar-refractivity contribution in [1.29, 1.82) is 0 Å². The molecule has 0 bridgehead atoms. The number of nitrogen functional groups attached to an aromatic ring is 1. The lowest BCUT2D eigenvalue weighted by molar-refractivity contribution is 0.0974. The number of carbonyl (C=O) groups is 2. The van der Waals surface area contributed by atoms with Gasteiger partial charge in [-0.05, 0) is 128 Å². The van der Waals surface area contributed by atoms with Gasteiger partial charge in [0.1, 0.15) is 29.4 Å². The van der Waals surface area contributed by atoms with E-state index in [0.29, 0.717) is 47.8 Å². The largest absolute Gasteiger partial charge is 0.382 e. The summed E-state index contributed by atoms with van der Waals surface area (Å²) in [4.78, 5) is 42.2. The minimum absolute atomic E-state index is 0.108. The molecule has 0 radical (unpaired) electrons. The van der Waals surface area contributed by atoms with Gasteiger partial charge in [0.2, 0.25) is 0 Å². The number of aryl methyl sites for hydroxylation is 8. The van der Waals surface area contributed by atoms with Crippen LogP contribution in [0.4, 0.5) is 17.5 Å². The van der Waals surface area contributed by atoms with Crippen molar-refractivity contribution >= 4 is 40.6 Å². The third-order valence-corrected chi connectivity index (χ3v) is 12.8. The van der Waals surface area contributed by atoms with Crippen LogP contribution in [0.25, 0.3) is 22.5 Å². The number of carbonyl (C=O) groups excluding carboxylic acids is 2. The van der Waals surface area contributed by atoms with E-state index in [1.807, 2.05) is 62.3 Å². The van der Waals surface area contributed by atoms with E-state index in [4.69, 9.17) is 17.3 Å². The molecule has 8 aromatic rings. The first-order valence-electron chi connectivity index (χ1n) is 24.2. The summed E-state index contributed by atoms with van der Waals surface area (Å²) in [6, 6.07) is 20.1. The summed E-state index contributed by atoms with van der Waals surface area (Å²) in [5, 5.41) is 21.1. The maximum absolute atomic E-state index is 12.7. The van der Waals surface area contributed by atoms with E-state index in [2.05, 4.69) is 124 Å². The molecule has 0 amide bonds. The molecule has 10 rings (SSSR count). The second-order valence-corrected chi connectivity index (χ2v) is 20.6. The van der Waals surface area contributed by atoms with Crippen LogP contribution >= 0.6 is 11.6 Å². The average Bonchev–Trinajstić information content (AvgIpc) is 4.19. The van der Waals surface area contributed by atoms with Crippen LogP contribution in [0.3, 0.4) is 0 Å². The normalized spacial score (nSPS) is 12.9. The fourth-order valence-corrected chi connectivity index (χ4v) is 8.68. The number of anilines is 3. The zero-order chi connectivity index (χ0) is 50.5. The highest BCUT2D eigenvalue weighted by atomic mass is 35.5. The number of hydrogen-bond donors (Lipinski definition) is 2. The Balaban J connectivity index is 0.000000165. The predicted molar refractivity (Wildman–Crippen MR) is 278 cm³/mol. The molecule has 17 heteroatoms. The molecule has 16 nitrogen and oxygen atoms in total. The van der Waals surface area contributed by atoms with Crippen molar-refractivity contribution in [3.05, 3.63) is 148 Å². The highest BCUT2D eigenvalue weighted by Crippen LogP contribution is 2.27. The standard InChI is InChI=1S/C27H31N7O.C21H23ClN4O.C6H9N3/c1-18-12-20(8-7-19(18)9-10-24(35)21-15-30-34(16-21)27(2,3)4)23-14-25(29-17-28-23)31-26-13-22-6-5-11-33(22)32-26;1-14-9-16(18-10-20(22)24-13-23-18)6-5-15(14)7-8-19(27)17-11-25-26(12-17)21(2,3)4;7-6-4-5-2-1-3-9(5)8-6/h7-8,12-17H,5-6,9-11H2,1-4H3,(H,28,29,31,32);5-6,9-13H,7-8H2,1-4H3;4H,1-3H2,(H2,7,8). The van der Waals surface area contributed by atoms with Gasteiger partial charge in [-0.2, -0.15) is 20.4 Å². The Morgan fingerprint density at radius 3 is 1.62 bits per heavy atom. The number of aromatic nitrogens is 12. The molecule has 6 aromatic heterocycles. The fourth-order valence-electron chi connectivity index (χ4n) is 8.53. The number of ketones is 2. The molecule has 0 saturated heterocycles. The van der Waals surface area contributed by atoms with Crippen LogP contribution in [-0.4, -0.2) is 70.6 Å². The molecule has 0 spiro atoms. The topological polar surface area (TPSA) is 195 Å². The minimum Gasteiger partial charge on any atom is -0.382 e. The lowest BCUT2D eigenvalue weighted by Crippen LogP contribution is -2.22. The number of nitrogens with one attached hydrogen (secondary N) is 1. The Morgan fingerprint density at radius 1 is 0.634 bits per heavy atom. The van der Waals surface area contributed by atoms with Crippen molar-refractivity contribution in [2.24, 2.45) is 0 Å². The Hall–Kier alpha value is -7.33. The van der Waals surface area contributed by atoms with Crippen LogP contribution in [-0.2, 0) is 49.9 Å². The number of hydrogen-bond acceptors (Lipinski definition) is 12. The van der Waals surface area contributed by atoms with Gasteiger partial charge < -0.3 is 11.1 Å². The summed E-state index contributed by atoms with van der Waals surface area (Å²) in [5.41, 5.74) is 17.3. The number of benzene rings is 2. The van der Waals surface area contributed by atoms with Gasteiger partial charge in [-0.25, -0.2) is 19.9 Å². The van der Waals surface area contributed by atoms with E-state index in [1.165, 1.54) is 24.1 Å². The lowest BCUT2D eigenvalue weighted by atomic mass is 9.98. The Kier molecular flexibility index (Phi) is 15.1. The van der Waals surface area contributed by atoms with E-state index in [1.54, 1.807) is 24.8 Å². The van der Waals surface area contributed by atoms with E-state index in [9.17, 15) is 9.59 Å². The van der Waals surface area contributed by atoms with Crippen LogP contribution < -0.4 is 11.1 Å². The zero-order valence-corrected chi connectivity index (χ0v) is 42.7. The summed E-state index contributed by atoms with van der Waals surface area (Å²) in [7, 11) is 0. The van der Waals surface area contributed by atoms with Crippen LogP contribution in [0.15, 0.2) is 98.1 Å².